The normalized spacial score (nSPS) is 17.1. The van der Waals surface area contributed by atoms with E-state index in [2.05, 4.69) is 16.0 Å². The summed E-state index contributed by atoms with van der Waals surface area (Å²) in [6.07, 6.45) is -20.9. The number of amides is 3. The highest BCUT2D eigenvalue weighted by Crippen LogP contribution is 2.19. The summed E-state index contributed by atoms with van der Waals surface area (Å²) in [5.74, 6) is -0.909. The minimum Gasteiger partial charge on any atom is -0.396 e. The standard InChI is InChI=1S/C50H99N3O30/c1-50(32-78-14-5-38(60)51-8-17-72-20-23-75-26-29-81-47(69)44(66)41(63)35(57)2-11-54,33-79-15-6-39(61)52-9-18-73-21-24-76-27-30-82-48(70)45(67)42(64)36(58)3-12-55)34-80-16-7-40(62)53-10-19-74-22-25-77-28-31-83-49(71)46(68)43(65)37(59)4-13-56/h35-37,41-49,54-59,63-71H,2-34H2,1H3,(H,51,60)(H,52,61)(H,53,62)/t35-,36-,37-,41?,42?,43?,44?,45?,46?,47-,48-,49-,50?/m1/s1. The molecule has 6 unspecified atom stereocenters. The summed E-state index contributed by atoms with van der Waals surface area (Å²) in [6, 6.07) is 0. The molecule has 0 aliphatic heterocycles. The predicted molar refractivity (Wildman–Crippen MR) is 283 cm³/mol. The first-order valence-electron chi connectivity index (χ1n) is 27.6. The lowest BCUT2D eigenvalue weighted by molar-refractivity contribution is -0.207. The number of carbonyl (C=O) groups excluding carboxylic acids is 3. The van der Waals surface area contributed by atoms with Crippen molar-refractivity contribution in [1.82, 2.24) is 16.0 Å². The molecule has 0 saturated carbocycles. The maximum atomic E-state index is 12.5. The number of rotatable bonds is 60. The zero-order valence-corrected chi connectivity index (χ0v) is 47.6. The largest absolute Gasteiger partial charge is 0.396 e. The molecule has 0 aromatic rings. The molecule has 0 aromatic carbocycles. The maximum absolute atomic E-state index is 12.5. The molecule has 12 atom stereocenters. The van der Waals surface area contributed by atoms with Gasteiger partial charge in [0.1, 0.15) is 36.6 Å². The summed E-state index contributed by atoms with van der Waals surface area (Å²) in [7, 11) is 0. The van der Waals surface area contributed by atoms with Crippen LogP contribution in [0.2, 0.25) is 0 Å². The van der Waals surface area contributed by atoms with E-state index in [1.54, 1.807) is 0 Å². The lowest BCUT2D eigenvalue weighted by Gasteiger charge is -2.29. The Morgan fingerprint density at radius 2 is 0.554 bits per heavy atom. The number of ether oxygens (including phenoxy) is 12. The molecule has 18 N–H and O–H groups in total. The van der Waals surface area contributed by atoms with E-state index in [0.29, 0.717) is 0 Å². The van der Waals surface area contributed by atoms with Gasteiger partial charge in [-0.1, -0.05) is 6.92 Å². The Labute approximate surface area is 483 Å². The molecular formula is C50H99N3O30. The van der Waals surface area contributed by atoms with Gasteiger partial charge in [0.15, 0.2) is 18.9 Å². The average Bonchev–Trinajstić information content (AvgIpc) is 3.48. The first-order valence-corrected chi connectivity index (χ1v) is 27.6. The van der Waals surface area contributed by atoms with E-state index < -0.39 is 99.0 Å². The molecule has 33 heteroatoms. The van der Waals surface area contributed by atoms with Crippen LogP contribution in [0.1, 0.15) is 45.4 Å². The highest BCUT2D eigenvalue weighted by atomic mass is 16.6. The summed E-state index contributed by atoms with van der Waals surface area (Å²) in [6.45, 7) is 2.65. The quantitative estimate of drug-likeness (QED) is 0.0199. The Morgan fingerprint density at radius 3 is 0.795 bits per heavy atom. The van der Waals surface area contributed by atoms with E-state index in [1.165, 1.54) is 0 Å². The van der Waals surface area contributed by atoms with Gasteiger partial charge in [-0.25, -0.2) is 0 Å². The molecule has 0 heterocycles. The molecule has 33 nitrogen and oxygen atoms in total. The van der Waals surface area contributed by atoms with Crippen LogP contribution in [-0.2, 0) is 71.2 Å². The number of carbonyl (C=O) groups is 3. The van der Waals surface area contributed by atoms with Gasteiger partial charge in [-0.05, 0) is 19.3 Å². The van der Waals surface area contributed by atoms with Gasteiger partial charge < -0.3 is 149 Å². The molecule has 0 spiro atoms. The van der Waals surface area contributed by atoms with E-state index in [0.717, 1.165) is 0 Å². The highest BCUT2D eigenvalue weighted by molar-refractivity contribution is 5.76. The van der Waals surface area contributed by atoms with Crippen molar-refractivity contribution in [1.29, 1.82) is 0 Å². The van der Waals surface area contributed by atoms with Crippen LogP contribution in [0.15, 0.2) is 0 Å². The van der Waals surface area contributed by atoms with Crippen molar-refractivity contribution >= 4 is 17.7 Å². The van der Waals surface area contributed by atoms with Crippen LogP contribution >= 0.6 is 0 Å². The number of hydrogen-bond acceptors (Lipinski definition) is 30. The minimum absolute atomic E-state index is 0.0161. The Morgan fingerprint density at radius 1 is 0.325 bits per heavy atom. The highest BCUT2D eigenvalue weighted by Gasteiger charge is 2.33. The first kappa shape index (κ1) is 80.3. The van der Waals surface area contributed by atoms with Crippen LogP contribution in [0, 0.1) is 5.41 Å². The van der Waals surface area contributed by atoms with Gasteiger partial charge in [-0.2, -0.15) is 0 Å². The second kappa shape index (κ2) is 52.5. The molecule has 3 amide bonds. The van der Waals surface area contributed by atoms with Gasteiger partial charge in [-0.3, -0.25) is 14.4 Å². The van der Waals surface area contributed by atoms with Gasteiger partial charge in [-0.15, -0.1) is 0 Å². The van der Waals surface area contributed by atoms with Gasteiger partial charge in [0, 0.05) is 64.1 Å². The zero-order valence-electron chi connectivity index (χ0n) is 47.6. The van der Waals surface area contributed by atoms with Crippen LogP contribution in [0.25, 0.3) is 0 Å². The summed E-state index contributed by atoms with van der Waals surface area (Å²) >= 11 is 0. The van der Waals surface area contributed by atoms with Crippen molar-refractivity contribution in [2.75, 3.05) is 178 Å². The van der Waals surface area contributed by atoms with Crippen LogP contribution in [0.3, 0.4) is 0 Å². The third-order valence-corrected chi connectivity index (χ3v) is 11.5. The monoisotopic (exact) mass is 1220 g/mol. The molecule has 0 aliphatic carbocycles. The van der Waals surface area contributed by atoms with Crippen LogP contribution < -0.4 is 16.0 Å². The predicted octanol–water partition coefficient (Wildman–Crippen LogP) is -8.94. The van der Waals surface area contributed by atoms with E-state index in [1.807, 2.05) is 6.92 Å². The summed E-state index contributed by atoms with van der Waals surface area (Å²) < 4.78 is 64.7. The Hall–Kier alpha value is -2.67. The molecule has 0 aliphatic rings. The second-order valence-corrected chi connectivity index (χ2v) is 18.9. The summed E-state index contributed by atoms with van der Waals surface area (Å²) in [5.41, 5.74) is -0.773. The number of aliphatic hydroxyl groups is 15. The average molecular weight is 1220 g/mol. The fraction of sp³-hybridized carbons (Fsp3) is 0.940. The van der Waals surface area contributed by atoms with Crippen molar-refractivity contribution in [3.8, 4) is 0 Å². The third kappa shape index (κ3) is 42.8. The van der Waals surface area contributed by atoms with E-state index in [9.17, 15) is 75.7 Å². The molecule has 494 valence electrons. The van der Waals surface area contributed by atoms with Gasteiger partial charge in [0.2, 0.25) is 17.7 Å². The van der Waals surface area contributed by atoms with Gasteiger partial charge >= 0.3 is 0 Å². The molecule has 0 aromatic heterocycles. The molecule has 83 heavy (non-hydrogen) atoms. The molecule has 0 rings (SSSR count). The molecule has 0 radical (unpaired) electrons. The summed E-state index contributed by atoms with van der Waals surface area (Å²) in [4.78, 5) is 37.4. The summed E-state index contributed by atoms with van der Waals surface area (Å²) in [5, 5.41) is 152. The smallest absolute Gasteiger partial charge is 0.222 e. The molecule has 0 fully saturated rings. The fourth-order valence-corrected chi connectivity index (χ4v) is 6.67. The lowest BCUT2D eigenvalue weighted by atomic mass is 9.94. The van der Waals surface area contributed by atoms with Crippen LogP contribution in [0.5, 0.6) is 0 Å². The van der Waals surface area contributed by atoms with Crippen molar-refractivity contribution in [3.05, 3.63) is 0 Å². The van der Waals surface area contributed by atoms with E-state index >= 15 is 0 Å². The maximum Gasteiger partial charge on any atom is 0.222 e. The number of hydrogen-bond donors (Lipinski definition) is 18. The topological polar surface area (TPSA) is 502 Å². The fourth-order valence-electron chi connectivity index (χ4n) is 6.67. The van der Waals surface area contributed by atoms with Crippen molar-refractivity contribution in [3.63, 3.8) is 0 Å². The molecule has 0 saturated heterocycles. The van der Waals surface area contributed by atoms with Crippen molar-refractivity contribution in [2.45, 2.75) is 119 Å². The first-order chi connectivity index (χ1) is 39.7. The van der Waals surface area contributed by atoms with Gasteiger partial charge in [0.25, 0.3) is 0 Å². The van der Waals surface area contributed by atoms with E-state index in [-0.39, 0.29) is 215 Å². The Balaban J connectivity index is 4.65. The number of aliphatic hydroxyl groups excluding tert-OH is 15. The zero-order chi connectivity index (χ0) is 62.1. The van der Waals surface area contributed by atoms with Gasteiger partial charge in [0.05, 0.1) is 157 Å². The lowest BCUT2D eigenvalue weighted by Crippen LogP contribution is -2.46. The van der Waals surface area contributed by atoms with Crippen molar-refractivity contribution in [2.24, 2.45) is 5.41 Å². The van der Waals surface area contributed by atoms with Crippen LogP contribution in [-0.4, -0.2) is 346 Å². The van der Waals surface area contributed by atoms with Crippen molar-refractivity contribution < 1.29 is 148 Å². The Kier molecular flexibility index (Phi) is 50.8. The van der Waals surface area contributed by atoms with E-state index in [4.69, 9.17) is 72.2 Å². The molecule has 0 bridgehead atoms. The second-order valence-electron chi connectivity index (χ2n) is 18.9. The third-order valence-electron chi connectivity index (χ3n) is 11.5. The molecular weight excluding hydrogens is 1120 g/mol. The number of nitrogens with one attached hydrogen (secondary N) is 3. The Bertz CT molecular complexity index is 1370. The minimum atomic E-state index is -1.80. The van der Waals surface area contributed by atoms with Crippen LogP contribution in [0.4, 0.5) is 0 Å². The SMILES string of the molecule is CC(COCCC(=O)NCCOCCOCCO[C@@H](O)C(O)C(O)[C@H](O)CCO)(COCCC(=O)NCCOCCOCCO[C@@H](O)C(O)C(O)[C@H](O)CCO)COCCC(=O)NCCOCCOCCO[C@@H](O)C(O)C(O)[C@H](O)CCO.